The molecule has 4 nitrogen and oxygen atoms in total. The minimum Gasteiger partial charge on any atom is -0.480 e. The van der Waals surface area contributed by atoms with E-state index in [1.54, 1.807) is 18.0 Å². The van der Waals surface area contributed by atoms with Crippen LogP contribution in [0, 0.1) is 5.82 Å². The summed E-state index contributed by atoms with van der Waals surface area (Å²) in [6, 6.07) is 4.91. The highest BCUT2D eigenvalue weighted by molar-refractivity contribution is 5.83. The summed E-state index contributed by atoms with van der Waals surface area (Å²) in [4.78, 5) is 13.4. The highest BCUT2D eigenvalue weighted by atomic mass is 19.1. The molecule has 5 heteroatoms. The van der Waals surface area contributed by atoms with Gasteiger partial charge in [0.05, 0.1) is 0 Å². The van der Waals surface area contributed by atoms with E-state index in [9.17, 15) is 9.18 Å². The van der Waals surface area contributed by atoms with Gasteiger partial charge in [-0.3, -0.25) is 4.79 Å². The van der Waals surface area contributed by atoms with Gasteiger partial charge >= 0.3 is 0 Å². The monoisotopic (exact) mass is 280 g/mol. The van der Waals surface area contributed by atoms with E-state index in [4.69, 9.17) is 4.74 Å². The number of rotatable bonds is 5. The predicted octanol–water partition coefficient (Wildman–Crippen LogP) is 1.93. The Balaban J connectivity index is 2.06. The van der Waals surface area contributed by atoms with Crippen LogP contribution in [0.5, 0.6) is 5.75 Å². The number of halogens is 1. The summed E-state index contributed by atoms with van der Waals surface area (Å²) in [6.45, 7) is 5.32. The molecule has 1 aliphatic heterocycles. The molecule has 1 aromatic carbocycles. The number of amides is 1. The number of likely N-dealkylation sites (tertiary alicyclic amines) is 1. The smallest absolute Gasteiger partial charge is 0.263 e. The molecular weight excluding hydrogens is 259 g/mol. The SMILES string of the molecule is CC(C)NCc1cc(F)cc(OC2CCN(C)C2=O)c1. The van der Waals surface area contributed by atoms with Crippen LogP contribution in [-0.2, 0) is 11.3 Å². The molecule has 1 saturated heterocycles. The fraction of sp³-hybridized carbons (Fsp3) is 0.533. The topological polar surface area (TPSA) is 41.6 Å². The number of nitrogens with zero attached hydrogens (tertiary/aromatic N) is 1. The number of hydrogen-bond donors (Lipinski definition) is 1. The average molecular weight is 280 g/mol. The van der Waals surface area contributed by atoms with Crippen molar-refractivity contribution >= 4 is 5.91 Å². The normalized spacial score (nSPS) is 18.9. The molecule has 1 heterocycles. The van der Waals surface area contributed by atoms with Crippen molar-refractivity contribution in [3.8, 4) is 5.75 Å². The quantitative estimate of drug-likeness (QED) is 0.896. The lowest BCUT2D eigenvalue weighted by molar-refractivity contribution is -0.132. The second-order valence-corrected chi connectivity index (χ2v) is 5.49. The molecule has 110 valence electrons. The molecule has 0 spiro atoms. The average Bonchev–Trinajstić information content (AvgIpc) is 2.68. The summed E-state index contributed by atoms with van der Waals surface area (Å²) >= 11 is 0. The number of hydrogen-bond acceptors (Lipinski definition) is 3. The lowest BCUT2D eigenvalue weighted by Crippen LogP contribution is -2.29. The van der Waals surface area contributed by atoms with E-state index in [2.05, 4.69) is 5.32 Å². The van der Waals surface area contributed by atoms with Crippen LogP contribution in [-0.4, -0.2) is 36.5 Å². The molecule has 1 N–H and O–H groups in total. The molecule has 2 rings (SSSR count). The maximum absolute atomic E-state index is 13.6. The van der Waals surface area contributed by atoms with E-state index >= 15 is 0 Å². The standard InChI is InChI=1S/C15H21FN2O2/c1-10(2)17-9-11-6-12(16)8-13(7-11)20-14-4-5-18(3)15(14)19/h6-8,10,14,17H,4-5,9H2,1-3H3. The molecule has 1 fully saturated rings. The van der Waals surface area contributed by atoms with Crippen molar-refractivity contribution in [3.63, 3.8) is 0 Å². The predicted molar refractivity (Wildman–Crippen MR) is 75.0 cm³/mol. The van der Waals surface area contributed by atoms with E-state index in [0.29, 0.717) is 31.3 Å². The number of likely N-dealkylation sites (N-methyl/N-ethyl adjacent to an activating group) is 1. The Morgan fingerprint density at radius 2 is 2.20 bits per heavy atom. The lowest BCUT2D eigenvalue weighted by Gasteiger charge is -2.14. The summed E-state index contributed by atoms with van der Waals surface area (Å²) in [5.41, 5.74) is 0.813. The Kier molecular flexibility index (Phi) is 4.60. The van der Waals surface area contributed by atoms with Crippen LogP contribution >= 0.6 is 0 Å². The van der Waals surface area contributed by atoms with Gasteiger partial charge in [-0.15, -0.1) is 0 Å². The second kappa shape index (κ2) is 6.22. The molecule has 1 atom stereocenters. The van der Waals surface area contributed by atoms with Crippen LogP contribution in [0.4, 0.5) is 4.39 Å². The fourth-order valence-corrected chi connectivity index (χ4v) is 2.18. The first-order valence-electron chi connectivity index (χ1n) is 6.90. The highest BCUT2D eigenvalue weighted by Gasteiger charge is 2.30. The first kappa shape index (κ1) is 14.8. The van der Waals surface area contributed by atoms with Gasteiger partial charge in [0.15, 0.2) is 6.10 Å². The summed E-state index contributed by atoms with van der Waals surface area (Å²) in [5, 5.41) is 3.23. The molecule has 0 saturated carbocycles. The zero-order valence-corrected chi connectivity index (χ0v) is 12.1. The minimum absolute atomic E-state index is 0.0453. The van der Waals surface area contributed by atoms with Gasteiger partial charge < -0.3 is 15.0 Å². The van der Waals surface area contributed by atoms with Gasteiger partial charge in [0.25, 0.3) is 5.91 Å². The van der Waals surface area contributed by atoms with Crippen molar-refractivity contribution in [1.29, 1.82) is 0 Å². The number of benzene rings is 1. The molecular formula is C15H21FN2O2. The number of carbonyl (C=O) groups is 1. The first-order valence-corrected chi connectivity index (χ1v) is 6.90. The van der Waals surface area contributed by atoms with E-state index in [1.165, 1.54) is 12.1 Å². The Hall–Kier alpha value is -1.62. The van der Waals surface area contributed by atoms with Crippen LogP contribution in [0.15, 0.2) is 18.2 Å². The Morgan fingerprint density at radius 3 is 2.80 bits per heavy atom. The van der Waals surface area contributed by atoms with Gasteiger partial charge in [-0.05, 0) is 17.7 Å². The molecule has 0 radical (unpaired) electrons. The fourth-order valence-electron chi connectivity index (χ4n) is 2.18. The summed E-state index contributed by atoms with van der Waals surface area (Å²) in [7, 11) is 1.75. The van der Waals surface area contributed by atoms with E-state index in [1.807, 2.05) is 13.8 Å². The Bertz CT molecular complexity index is 491. The molecule has 0 aromatic heterocycles. The van der Waals surface area contributed by atoms with Crippen LogP contribution in [0.1, 0.15) is 25.8 Å². The van der Waals surface area contributed by atoms with Gasteiger partial charge in [-0.1, -0.05) is 13.8 Å². The second-order valence-electron chi connectivity index (χ2n) is 5.49. The van der Waals surface area contributed by atoms with Crippen LogP contribution < -0.4 is 10.1 Å². The van der Waals surface area contributed by atoms with Crippen LogP contribution in [0.25, 0.3) is 0 Å². The lowest BCUT2D eigenvalue weighted by atomic mass is 10.2. The van der Waals surface area contributed by atoms with Gasteiger partial charge in [-0.2, -0.15) is 0 Å². The Morgan fingerprint density at radius 1 is 1.45 bits per heavy atom. The van der Waals surface area contributed by atoms with Crippen molar-refractivity contribution in [2.45, 2.75) is 39.0 Å². The minimum atomic E-state index is -0.493. The van der Waals surface area contributed by atoms with Crippen molar-refractivity contribution in [2.75, 3.05) is 13.6 Å². The van der Waals surface area contributed by atoms with Gasteiger partial charge in [0, 0.05) is 38.7 Å². The van der Waals surface area contributed by atoms with Crippen molar-refractivity contribution in [1.82, 2.24) is 10.2 Å². The van der Waals surface area contributed by atoms with E-state index < -0.39 is 6.10 Å². The summed E-state index contributed by atoms with van der Waals surface area (Å²) in [6.07, 6.45) is 0.151. The van der Waals surface area contributed by atoms with E-state index in [-0.39, 0.29) is 11.7 Å². The van der Waals surface area contributed by atoms with Crippen LogP contribution in [0.2, 0.25) is 0 Å². The number of carbonyl (C=O) groups excluding carboxylic acids is 1. The molecule has 1 aliphatic rings. The van der Waals surface area contributed by atoms with Crippen molar-refractivity contribution < 1.29 is 13.9 Å². The highest BCUT2D eigenvalue weighted by Crippen LogP contribution is 2.21. The summed E-state index contributed by atoms with van der Waals surface area (Å²) in [5.74, 6) is 0.0252. The molecule has 1 aromatic rings. The molecule has 0 aliphatic carbocycles. The molecule has 1 unspecified atom stereocenters. The third kappa shape index (κ3) is 3.70. The maximum Gasteiger partial charge on any atom is 0.263 e. The summed E-state index contributed by atoms with van der Waals surface area (Å²) < 4.78 is 19.2. The van der Waals surface area contributed by atoms with Crippen molar-refractivity contribution in [3.05, 3.63) is 29.6 Å². The number of ether oxygens (including phenoxy) is 1. The zero-order valence-electron chi connectivity index (χ0n) is 12.1. The molecule has 1 amide bonds. The molecule has 20 heavy (non-hydrogen) atoms. The van der Waals surface area contributed by atoms with Gasteiger partial charge in [0.1, 0.15) is 11.6 Å². The van der Waals surface area contributed by atoms with E-state index in [0.717, 1.165) is 5.56 Å². The van der Waals surface area contributed by atoms with Gasteiger partial charge in [-0.25, -0.2) is 4.39 Å². The van der Waals surface area contributed by atoms with Crippen LogP contribution in [0.3, 0.4) is 0 Å². The zero-order chi connectivity index (χ0) is 14.7. The first-order chi connectivity index (χ1) is 9.45. The molecule has 0 bridgehead atoms. The maximum atomic E-state index is 13.6. The third-order valence-corrected chi connectivity index (χ3v) is 3.30. The van der Waals surface area contributed by atoms with Gasteiger partial charge in [0.2, 0.25) is 0 Å². The Labute approximate surface area is 118 Å². The largest absolute Gasteiger partial charge is 0.480 e. The third-order valence-electron chi connectivity index (χ3n) is 3.30. The number of nitrogens with one attached hydrogen (secondary N) is 1. The van der Waals surface area contributed by atoms with Crippen molar-refractivity contribution in [2.24, 2.45) is 0 Å².